The number of rotatable bonds is 13. The fraction of sp³-hybridized carbons (Fsp3) is 0.537. The van der Waals surface area contributed by atoms with Gasteiger partial charge in [-0.05, 0) is 55.7 Å². The van der Waals surface area contributed by atoms with Gasteiger partial charge in [0, 0.05) is 40.5 Å². The molecule has 6 heterocycles. The predicted octanol–water partition coefficient (Wildman–Crippen LogP) is 6.68. The van der Waals surface area contributed by atoms with E-state index < -0.39 is 12.1 Å². The molecular weight excluding hydrogens is 749 g/mol. The SMILES string of the molecule is COCN(C)C(C(=O)N1CCCC1c1ncc(C2=CC3SC(c4ccc(-c5cnc(C6CCCN6C(=O)C(NC(=O)OC)C(C)C)[nH]5)cc4)=CC3S2)[nH]1)C(C)C. The molecule has 2 saturated heterocycles. The van der Waals surface area contributed by atoms with E-state index in [1.54, 1.807) is 7.11 Å². The summed E-state index contributed by atoms with van der Waals surface area (Å²) >= 11 is 3.75. The van der Waals surface area contributed by atoms with E-state index in [2.05, 4.69) is 65.5 Å². The average molecular weight is 803 g/mol. The van der Waals surface area contributed by atoms with Gasteiger partial charge in [-0.2, -0.15) is 0 Å². The van der Waals surface area contributed by atoms with Crippen molar-refractivity contribution < 1.29 is 23.9 Å². The maximum absolute atomic E-state index is 13.8. The van der Waals surface area contributed by atoms with Gasteiger partial charge in [0.15, 0.2) is 0 Å². The minimum Gasteiger partial charge on any atom is -0.453 e. The first kappa shape index (κ1) is 40.2. The van der Waals surface area contributed by atoms with Gasteiger partial charge in [-0.15, -0.1) is 23.5 Å². The third-order valence-electron chi connectivity index (χ3n) is 11.2. The highest BCUT2D eigenvalue weighted by Crippen LogP contribution is 2.53. The number of carbonyl (C=O) groups is 3. The van der Waals surface area contributed by atoms with Crippen LogP contribution in [0.3, 0.4) is 0 Å². The predicted molar refractivity (Wildman–Crippen MR) is 221 cm³/mol. The van der Waals surface area contributed by atoms with Crippen molar-refractivity contribution in [1.29, 1.82) is 0 Å². The van der Waals surface area contributed by atoms with Crippen molar-refractivity contribution in [3.8, 4) is 11.3 Å². The number of imidazole rings is 2. The third kappa shape index (κ3) is 8.18. The van der Waals surface area contributed by atoms with E-state index in [9.17, 15) is 14.4 Å². The van der Waals surface area contributed by atoms with Crippen LogP contribution in [0.15, 0.2) is 48.8 Å². The Hall–Kier alpha value is -4.05. The zero-order valence-corrected chi connectivity index (χ0v) is 34.9. The Morgan fingerprint density at radius 3 is 1.96 bits per heavy atom. The highest BCUT2D eigenvalue weighted by molar-refractivity contribution is 8.14. The van der Waals surface area contributed by atoms with Gasteiger partial charge in [-0.3, -0.25) is 14.5 Å². The highest BCUT2D eigenvalue weighted by atomic mass is 32.2. The number of nitrogens with one attached hydrogen (secondary N) is 3. The number of ether oxygens (including phenoxy) is 2. The van der Waals surface area contributed by atoms with Gasteiger partial charge in [-0.1, -0.05) is 64.1 Å². The smallest absolute Gasteiger partial charge is 0.407 e. The highest BCUT2D eigenvalue weighted by Gasteiger charge is 2.40. The summed E-state index contributed by atoms with van der Waals surface area (Å²) in [6, 6.07) is 7.39. The molecule has 4 aliphatic rings. The molecule has 7 rings (SSSR count). The van der Waals surface area contributed by atoms with Crippen LogP contribution in [0.1, 0.15) is 88.4 Å². The lowest BCUT2D eigenvalue weighted by atomic mass is 10.0. The van der Waals surface area contributed by atoms with Crippen molar-refractivity contribution in [2.75, 3.05) is 41.1 Å². The maximum Gasteiger partial charge on any atom is 0.407 e. The summed E-state index contributed by atoms with van der Waals surface area (Å²) in [6.07, 6.45) is 11.4. The second kappa shape index (κ2) is 17.2. The van der Waals surface area contributed by atoms with Gasteiger partial charge in [-0.25, -0.2) is 14.8 Å². The van der Waals surface area contributed by atoms with E-state index in [1.165, 1.54) is 22.5 Å². The fourth-order valence-electron chi connectivity index (χ4n) is 8.42. The van der Waals surface area contributed by atoms with Gasteiger partial charge >= 0.3 is 6.09 Å². The molecule has 3 amide bonds. The number of H-pyrrole nitrogens is 2. The number of thioether (sulfide) groups is 2. The number of amides is 3. The van der Waals surface area contributed by atoms with Crippen LogP contribution in [0.25, 0.3) is 21.1 Å². The molecule has 3 aromatic rings. The summed E-state index contributed by atoms with van der Waals surface area (Å²) in [4.78, 5) is 64.2. The fourth-order valence-corrected chi connectivity index (χ4v) is 11.3. The largest absolute Gasteiger partial charge is 0.453 e. The number of hydrogen-bond donors (Lipinski definition) is 3. The van der Waals surface area contributed by atoms with Crippen molar-refractivity contribution in [2.24, 2.45) is 11.8 Å². The van der Waals surface area contributed by atoms with Crippen molar-refractivity contribution in [3.05, 3.63) is 71.7 Å². The van der Waals surface area contributed by atoms with Crippen LogP contribution < -0.4 is 5.32 Å². The Balaban J connectivity index is 0.968. The topological polar surface area (TPSA) is 149 Å². The number of fused-ring (bicyclic) bond motifs is 1. The van der Waals surface area contributed by atoms with Crippen molar-refractivity contribution >= 4 is 51.2 Å². The van der Waals surface area contributed by atoms with Gasteiger partial charge in [0.1, 0.15) is 17.7 Å². The number of aromatic nitrogens is 4. The van der Waals surface area contributed by atoms with E-state index >= 15 is 0 Å². The molecule has 6 atom stereocenters. The van der Waals surface area contributed by atoms with E-state index in [-0.39, 0.29) is 41.8 Å². The van der Waals surface area contributed by atoms with Crippen LogP contribution >= 0.6 is 23.5 Å². The monoisotopic (exact) mass is 802 g/mol. The standard InChI is InChI=1S/C41H54N8O5S2/c1-23(2)35(46-41(52)54-7)39(50)48-16-8-10-29(48)37-42-20-27(44-37)25-12-14-26(15-13-25)31-18-33-34(55-31)19-32(56-33)28-21-43-38(45-28)30-11-9-17-49(30)40(51)36(24(3)4)47(5)22-53-6/h12-15,18-21,23-24,29-30,33-36H,8-11,16-17,22H2,1-7H3,(H,42,44)(H,43,45)(H,46,52). The zero-order chi connectivity index (χ0) is 39.7. The van der Waals surface area contributed by atoms with E-state index in [1.807, 2.05) is 71.5 Å². The van der Waals surface area contributed by atoms with Gasteiger partial charge < -0.3 is 34.6 Å². The lowest BCUT2D eigenvalue weighted by Crippen LogP contribution is -2.51. The van der Waals surface area contributed by atoms with E-state index in [0.717, 1.165) is 60.8 Å². The first-order valence-electron chi connectivity index (χ1n) is 19.6. The lowest BCUT2D eigenvalue weighted by molar-refractivity contribution is -0.141. The normalized spacial score (nSPS) is 23.2. The molecule has 13 nitrogen and oxygen atoms in total. The second-order valence-corrected chi connectivity index (χ2v) is 18.2. The number of carbonyl (C=O) groups excluding carboxylic acids is 3. The van der Waals surface area contributed by atoms with Gasteiger partial charge in [0.05, 0.1) is 55.7 Å². The molecule has 2 fully saturated rings. The van der Waals surface area contributed by atoms with Crippen LogP contribution in [-0.2, 0) is 19.1 Å². The Morgan fingerprint density at radius 2 is 1.38 bits per heavy atom. The quantitative estimate of drug-likeness (QED) is 0.160. The molecular formula is C41H54N8O5S2. The maximum atomic E-state index is 13.8. The molecule has 4 aliphatic heterocycles. The van der Waals surface area contributed by atoms with Crippen molar-refractivity contribution in [1.82, 2.24) is 40.0 Å². The van der Waals surface area contributed by atoms with Gasteiger partial charge in [0.2, 0.25) is 11.8 Å². The summed E-state index contributed by atoms with van der Waals surface area (Å²) in [5.41, 5.74) is 4.11. The molecule has 0 saturated carbocycles. The molecule has 1 aromatic carbocycles. The lowest BCUT2D eigenvalue weighted by Gasteiger charge is -2.34. The third-order valence-corrected chi connectivity index (χ3v) is 14.0. The van der Waals surface area contributed by atoms with Crippen LogP contribution in [0.5, 0.6) is 0 Å². The zero-order valence-electron chi connectivity index (χ0n) is 33.3. The molecule has 15 heteroatoms. The minimum atomic E-state index is -0.672. The molecule has 0 aliphatic carbocycles. The molecule has 2 aromatic heterocycles. The Kier molecular flexibility index (Phi) is 12.3. The number of aromatic amines is 2. The minimum absolute atomic E-state index is 0.0573. The molecule has 6 unspecified atom stereocenters. The van der Waals surface area contributed by atoms with Crippen LogP contribution in [0, 0.1) is 11.8 Å². The first-order valence-corrected chi connectivity index (χ1v) is 21.4. The Morgan fingerprint density at radius 1 is 0.821 bits per heavy atom. The Bertz CT molecular complexity index is 1960. The van der Waals surface area contributed by atoms with Crippen molar-refractivity contribution in [2.45, 2.75) is 88.0 Å². The number of likely N-dealkylation sites (N-methyl/N-ethyl adjacent to an activating group) is 1. The van der Waals surface area contributed by atoms with Gasteiger partial charge in [0.25, 0.3) is 0 Å². The number of benzene rings is 1. The van der Waals surface area contributed by atoms with E-state index in [0.29, 0.717) is 23.8 Å². The molecule has 300 valence electrons. The summed E-state index contributed by atoms with van der Waals surface area (Å²) in [6.45, 7) is 9.75. The molecule has 0 spiro atoms. The molecule has 3 N–H and O–H groups in total. The van der Waals surface area contributed by atoms with Crippen LogP contribution in [0.2, 0.25) is 0 Å². The van der Waals surface area contributed by atoms with Crippen molar-refractivity contribution in [3.63, 3.8) is 0 Å². The molecule has 0 bridgehead atoms. The number of alkyl carbamates (subject to hydrolysis) is 1. The summed E-state index contributed by atoms with van der Waals surface area (Å²) in [7, 11) is 4.91. The number of methoxy groups -OCH3 is 2. The Labute approximate surface area is 337 Å². The molecule has 0 radical (unpaired) electrons. The summed E-state index contributed by atoms with van der Waals surface area (Å²) in [5.74, 6) is 1.69. The second-order valence-electron chi connectivity index (χ2n) is 15.8. The number of likely N-dealkylation sites (tertiary alicyclic amines) is 2. The number of nitrogens with zero attached hydrogens (tertiary/aromatic N) is 5. The molecule has 56 heavy (non-hydrogen) atoms. The van der Waals surface area contributed by atoms with Crippen LogP contribution in [0.4, 0.5) is 4.79 Å². The van der Waals surface area contributed by atoms with Crippen LogP contribution in [-0.4, -0.2) is 116 Å². The first-order chi connectivity index (χ1) is 27.0. The summed E-state index contributed by atoms with van der Waals surface area (Å²) in [5, 5.41) is 3.37. The van der Waals surface area contributed by atoms with E-state index in [4.69, 9.17) is 19.4 Å². The number of hydrogen-bond acceptors (Lipinski definition) is 10. The summed E-state index contributed by atoms with van der Waals surface area (Å²) < 4.78 is 10.1. The average Bonchev–Trinajstić information content (AvgIpc) is 4.02.